The van der Waals surface area contributed by atoms with Gasteiger partial charge in [-0.05, 0) is 30.0 Å². The molecular weight excluding hydrogens is 452 g/mol. The Morgan fingerprint density at radius 1 is 0.939 bits per heavy atom. The van der Waals surface area contributed by atoms with E-state index in [1.165, 1.54) is 12.1 Å². The average molecular weight is 485 g/mol. The van der Waals surface area contributed by atoms with Crippen LogP contribution < -0.4 is 21.7 Å². The van der Waals surface area contributed by atoms with E-state index < -0.39 is 54.5 Å². The highest BCUT2D eigenvalue weighted by molar-refractivity contribution is 7.80. The van der Waals surface area contributed by atoms with Gasteiger partial charge >= 0.3 is 5.97 Å². The molecule has 0 radical (unpaired) electrons. The van der Waals surface area contributed by atoms with Crippen LogP contribution >= 0.6 is 12.6 Å². The predicted octanol–water partition coefficient (Wildman–Crippen LogP) is -1.23. The topological polar surface area (TPSA) is 191 Å². The number of rotatable bonds is 13. The third-order valence-corrected chi connectivity index (χ3v) is 5.07. The Hall–Kier alpha value is -2.83. The summed E-state index contributed by atoms with van der Waals surface area (Å²) in [6, 6.07) is 1.33. The average Bonchev–Trinajstić information content (AvgIpc) is 2.76. The Balaban J connectivity index is 3.08. The summed E-state index contributed by atoms with van der Waals surface area (Å²) in [5.74, 6) is -3.44. The number of aliphatic hydroxyl groups excluding tert-OH is 1. The van der Waals surface area contributed by atoms with Crippen LogP contribution in [0.3, 0.4) is 0 Å². The summed E-state index contributed by atoms with van der Waals surface area (Å²) in [6.45, 7) is 2.81. The van der Waals surface area contributed by atoms with E-state index in [2.05, 4.69) is 28.6 Å². The second-order valence-corrected chi connectivity index (χ2v) is 8.36. The summed E-state index contributed by atoms with van der Waals surface area (Å²) in [5, 5.41) is 35.0. The summed E-state index contributed by atoms with van der Waals surface area (Å²) in [4.78, 5) is 49.2. The van der Waals surface area contributed by atoms with Crippen LogP contribution in [0.4, 0.5) is 0 Å². The molecule has 1 rings (SSSR count). The number of aromatic hydroxyl groups is 1. The van der Waals surface area contributed by atoms with Crippen LogP contribution in [-0.2, 0) is 25.6 Å². The number of carbonyl (C=O) groups excluding carboxylic acids is 3. The van der Waals surface area contributed by atoms with E-state index in [4.69, 9.17) is 10.8 Å². The number of thiol groups is 1. The first-order valence-corrected chi connectivity index (χ1v) is 11.0. The minimum absolute atomic E-state index is 0.0337. The molecule has 4 atom stereocenters. The number of nitrogens with one attached hydrogen (secondary N) is 3. The highest BCUT2D eigenvalue weighted by atomic mass is 32.1. The van der Waals surface area contributed by atoms with E-state index in [1.54, 1.807) is 12.1 Å². The van der Waals surface area contributed by atoms with Gasteiger partial charge in [0.2, 0.25) is 17.7 Å². The first kappa shape index (κ1) is 28.2. The van der Waals surface area contributed by atoms with Crippen LogP contribution in [0.5, 0.6) is 5.75 Å². The van der Waals surface area contributed by atoms with Crippen molar-refractivity contribution in [3.8, 4) is 5.75 Å². The molecule has 0 aliphatic heterocycles. The molecule has 4 unspecified atom stereocenters. The summed E-state index contributed by atoms with van der Waals surface area (Å²) < 4.78 is 0. The standard InChI is InChI=1S/C21H32N4O7S/c1-11(2)7-15(19(29)25-17(9-26)21(31)32)24-20(30)16(23-18(28)14(22)10-33)8-12-3-5-13(27)6-4-12/h3-6,11,14-17,26-27,33H,7-10,22H2,1-2H3,(H,23,28)(H,24,30)(H,25,29)(H,31,32). The summed E-state index contributed by atoms with van der Waals surface area (Å²) >= 11 is 3.98. The van der Waals surface area contributed by atoms with E-state index in [0.717, 1.165) is 0 Å². The number of benzene rings is 1. The monoisotopic (exact) mass is 484 g/mol. The van der Waals surface area contributed by atoms with Gasteiger partial charge < -0.3 is 37.0 Å². The molecule has 3 amide bonds. The molecule has 1 aromatic carbocycles. The van der Waals surface area contributed by atoms with Gasteiger partial charge in [-0.3, -0.25) is 14.4 Å². The lowest BCUT2D eigenvalue weighted by atomic mass is 10.0. The zero-order valence-corrected chi connectivity index (χ0v) is 19.4. The first-order valence-electron chi connectivity index (χ1n) is 10.4. The van der Waals surface area contributed by atoms with Crippen LogP contribution in [0.1, 0.15) is 25.8 Å². The van der Waals surface area contributed by atoms with Gasteiger partial charge in [0.15, 0.2) is 0 Å². The van der Waals surface area contributed by atoms with Crippen molar-refractivity contribution in [1.82, 2.24) is 16.0 Å². The van der Waals surface area contributed by atoms with E-state index in [-0.39, 0.29) is 30.3 Å². The zero-order valence-electron chi connectivity index (χ0n) is 18.5. The fraction of sp³-hybridized carbons (Fsp3) is 0.524. The van der Waals surface area contributed by atoms with E-state index >= 15 is 0 Å². The number of carboxylic acids is 1. The van der Waals surface area contributed by atoms with Crippen molar-refractivity contribution >= 4 is 36.3 Å². The molecule has 1 aromatic rings. The SMILES string of the molecule is CC(C)CC(NC(=O)C(Cc1ccc(O)cc1)NC(=O)C(N)CS)C(=O)NC(CO)C(=O)O. The molecule has 0 aliphatic carbocycles. The molecule has 0 saturated carbocycles. The fourth-order valence-corrected chi connectivity index (χ4v) is 3.04. The van der Waals surface area contributed by atoms with Crippen molar-refractivity contribution in [2.75, 3.05) is 12.4 Å². The second-order valence-electron chi connectivity index (χ2n) is 7.99. The summed E-state index contributed by atoms with van der Waals surface area (Å²) in [7, 11) is 0. The van der Waals surface area contributed by atoms with Gasteiger partial charge in [-0.2, -0.15) is 12.6 Å². The van der Waals surface area contributed by atoms with Crippen molar-refractivity contribution in [1.29, 1.82) is 0 Å². The molecule has 0 spiro atoms. The lowest BCUT2D eigenvalue weighted by molar-refractivity contribution is -0.143. The number of amides is 3. The van der Waals surface area contributed by atoms with Gasteiger partial charge in [0, 0.05) is 12.2 Å². The van der Waals surface area contributed by atoms with Gasteiger partial charge in [-0.1, -0.05) is 26.0 Å². The van der Waals surface area contributed by atoms with Crippen molar-refractivity contribution in [3.05, 3.63) is 29.8 Å². The fourth-order valence-electron chi connectivity index (χ4n) is 2.87. The van der Waals surface area contributed by atoms with E-state index in [0.29, 0.717) is 5.56 Å². The van der Waals surface area contributed by atoms with Crippen LogP contribution in [0, 0.1) is 5.92 Å². The molecule has 184 valence electrons. The Morgan fingerprint density at radius 3 is 1.94 bits per heavy atom. The molecule has 0 heterocycles. The van der Waals surface area contributed by atoms with Gasteiger partial charge in [0.25, 0.3) is 0 Å². The van der Waals surface area contributed by atoms with E-state index in [9.17, 15) is 29.4 Å². The maximum Gasteiger partial charge on any atom is 0.328 e. The number of hydrogen-bond acceptors (Lipinski definition) is 8. The summed E-state index contributed by atoms with van der Waals surface area (Å²) in [5.41, 5.74) is 6.32. The van der Waals surface area contributed by atoms with Crippen LogP contribution in [0.25, 0.3) is 0 Å². The molecule has 0 bridgehead atoms. The van der Waals surface area contributed by atoms with Crippen molar-refractivity contribution < 1.29 is 34.5 Å². The normalized spacial score (nSPS) is 14.6. The molecule has 0 aromatic heterocycles. The number of hydrogen-bond donors (Lipinski definition) is 8. The zero-order chi connectivity index (χ0) is 25.1. The number of phenols is 1. The molecule has 0 fully saturated rings. The highest BCUT2D eigenvalue weighted by Gasteiger charge is 2.30. The number of nitrogens with two attached hydrogens (primary N) is 1. The molecule has 0 saturated heterocycles. The lowest BCUT2D eigenvalue weighted by Gasteiger charge is -2.26. The molecule has 8 N–H and O–H groups in total. The largest absolute Gasteiger partial charge is 0.508 e. The Bertz CT molecular complexity index is 819. The third kappa shape index (κ3) is 9.68. The minimum Gasteiger partial charge on any atom is -0.508 e. The number of carboxylic acid groups (broad SMARTS) is 1. The molecule has 33 heavy (non-hydrogen) atoms. The molecular formula is C21H32N4O7S. The second kappa shape index (κ2) is 13.7. The van der Waals surface area contributed by atoms with Gasteiger partial charge in [0.05, 0.1) is 12.6 Å². The minimum atomic E-state index is -1.52. The molecule has 0 aliphatic rings. The first-order chi connectivity index (χ1) is 15.5. The number of aliphatic hydroxyl groups is 1. The highest BCUT2D eigenvalue weighted by Crippen LogP contribution is 2.12. The molecule has 12 heteroatoms. The Kier molecular flexibility index (Phi) is 11.7. The van der Waals surface area contributed by atoms with Crippen LogP contribution in [0.2, 0.25) is 0 Å². The van der Waals surface area contributed by atoms with Gasteiger partial charge in [-0.15, -0.1) is 0 Å². The van der Waals surface area contributed by atoms with Crippen molar-refractivity contribution in [3.63, 3.8) is 0 Å². The van der Waals surface area contributed by atoms with Gasteiger partial charge in [0.1, 0.15) is 23.9 Å². The van der Waals surface area contributed by atoms with Gasteiger partial charge in [-0.25, -0.2) is 4.79 Å². The third-order valence-electron chi connectivity index (χ3n) is 4.68. The predicted molar refractivity (Wildman–Crippen MR) is 124 cm³/mol. The smallest absolute Gasteiger partial charge is 0.328 e. The number of phenolic OH excluding ortho intramolecular Hbond substituents is 1. The number of aliphatic carboxylic acids is 1. The van der Waals surface area contributed by atoms with Crippen LogP contribution in [-0.4, -0.2) is 75.5 Å². The Labute approximate surface area is 197 Å². The van der Waals surface area contributed by atoms with E-state index in [1.807, 2.05) is 13.8 Å². The number of carbonyl (C=O) groups is 4. The lowest BCUT2D eigenvalue weighted by Crippen LogP contribution is -2.58. The maximum atomic E-state index is 13.1. The molecule has 11 nitrogen and oxygen atoms in total. The van der Waals surface area contributed by atoms with Crippen LogP contribution in [0.15, 0.2) is 24.3 Å². The van der Waals surface area contributed by atoms with Crippen molar-refractivity contribution in [2.24, 2.45) is 11.7 Å². The maximum absolute atomic E-state index is 13.1. The summed E-state index contributed by atoms with van der Waals surface area (Å²) in [6.07, 6.45) is 0.229. The Morgan fingerprint density at radius 2 is 1.45 bits per heavy atom. The van der Waals surface area contributed by atoms with Crippen molar-refractivity contribution in [2.45, 2.75) is 50.9 Å². The quantitative estimate of drug-likeness (QED) is 0.160.